The summed E-state index contributed by atoms with van der Waals surface area (Å²) in [7, 11) is 1.30. The van der Waals surface area contributed by atoms with Gasteiger partial charge in [0, 0.05) is 0 Å². The molecule has 7 heteroatoms. The molecule has 13 heavy (non-hydrogen) atoms. The minimum absolute atomic E-state index is 0.0519. The second-order valence-corrected chi connectivity index (χ2v) is 2.10. The van der Waals surface area contributed by atoms with Crippen LogP contribution < -0.4 is 17.2 Å². The quantitative estimate of drug-likeness (QED) is 0.271. The lowest BCUT2D eigenvalue weighted by atomic mass is 10.4. The number of methoxy groups -OCH3 is 1. The highest BCUT2D eigenvalue weighted by Crippen LogP contribution is 1.85. The molecule has 0 fully saturated rings. The van der Waals surface area contributed by atoms with Gasteiger partial charge in [-0.1, -0.05) is 0 Å². The van der Waals surface area contributed by atoms with E-state index in [1.807, 2.05) is 0 Å². The van der Waals surface area contributed by atoms with Gasteiger partial charge in [-0.3, -0.25) is 9.79 Å². The van der Waals surface area contributed by atoms with Crippen LogP contribution >= 0.6 is 0 Å². The summed E-state index contributed by atoms with van der Waals surface area (Å²) in [6, 6.07) is 0. The van der Waals surface area contributed by atoms with Crippen LogP contribution in [0.1, 0.15) is 6.42 Å². The molecule has 0 spiro atoms. The number of hydrogen-bond donors (Lipinski definition) is 3. The number of esters is 1. The van der Waals surface area contributed by atoms with Gasteiger partial charge in [-0.25, -0.2) is 0 Å². The standard InChI is InChI=1S/C6H13N5O2/c1-13-4(12)2-3-10-6(9)11-5(7)8/h2-3H2,1H3,(H6,7,8,9,10,11). The molecule has 0 amide bonds. The van der Waals surface area contributed by atoms with Crippen molar-refractivity contribution in [1.82, 2.24) is 0 Å². The zero-order chi connectivity index (χ0) is 10.3. The van der Waals surface area contributed by atoms with Gasteiger partial charge in [0.25, 0.3) is 0 Å². The Balaban J connectivity index is 3.85. The van der Waals surface area contributed by atoms with Crippen LogP contribution in [0, 0.1) is 0 Å². The summed E-state index contributed by atoms with van der Waals surface area (Å²) in [6.07, 6.45) is 0.150. The summed E-state index contributed by atoms with van der Waals surface area (Å²) in [5, 5.41) is 0. The van der Waals surface area contributed by atoms with E-state index < -0.39 is 0 Å². The van der Waals surface area contributed by atoms with Crippen LogP contribution in [0.4, 0.5) is 0 Å². The molecule has 0 aromatic rings. The van der Waals surface area contributed by atoms with Crippen molar-refractivity contribution in [3.05, 3.63) is 0 Å². The molecule has 0 aliphatic rings. The topological polar surface area (TPSA) is 129 Å². The Labute approximate surface area is 75.6 Å². The van der Waals surface area contributed by atoms with Gasteiger partial charge in [0.1, 0.15) is 0 Å². The van der Waals surface area contributed by atoms with E-state index >= 15 is 0 Å². The first kappa shape index (κ1) is 11.2. The molecule has 0 aliphatic carbocycles. The molecule has 0 saturated carbocycles. The second-order valence-electron chi connectivity index (χ2n) is 2.10. The molecule has 0 radical (unpaired) electrons. The van der Waals surface area contributed by atoms with E-state index in [-0.39, 0.29) is 30.9 Å². The van der Waals surface area contributed by atoms with Gasteiger partial charge in [-0.05, 0) is 0 Å². The van der Waals surface area contributed by atoms with Gasteiger partial charge in [0.2, 0.25) is 5.96 Å². The third-order valence-corrected chi connectivity index (χ3v) is 1.06. The summed E-state index contributed by atoms with van der Waals surface area (Å²) in [6.45, 7) is 0.204. The van der Waals surface area contributed by atoms with Crippen LogP contribution in [0.25, 0.3) is 0 Å². The van der Waals surface area contributed by atoms with Crippen LogP contribution in [0.2, 0.25) is 0 Å². The summed E-state index contributed by atoms with van der Waals surface area (Å²) < 4.78 is 4.38. The maximum Gasteiger partial charge on any atom is 0.307 e. The molecule has 0 bridgehead atoms. The monoisotopic (exact) mass is 187 g/mol. The minimum atomic E-state index is -0.360. The molecule has 0 atom stereocenters. The van der Waals surface area contributed by atoms with Crippen LogP contribution in [0.15, 0.2) is 9.98 Å². The van der Waals surface area contributed by atoms with Crippen molar-refractivity contribution in [3.63, 3.8) is 0 Å². The number of hydrogen-bond acceptors (Lipinski definition) is 3. The maximum absolute atomic E-state index is 10.6. The molecule has 0 aliphatic heterocycles. The summed E-state index contributed by atoms with van der Waals surface area (Å²) in [4.78, 5) is 17.7. The first-order valence-electron chi connectivity index (χ1n) is 3.52. The number of nitrogens with zero attached hydrogens (tertiary/aromatic N) is 2. The van der Waals surface area contributed by atoms with Crippen LogP contribution in [0.3, 0.4) is 0 Å². The van der Waals surface area contributed by atoms with Crippen LogP contribution in [0.5, 0.6) is 0 Å². The third kappa shape index (κ3) is 6.60. The molecular formula is C6H13N5O2. The first-order valence-corrected chi connectivity index (χ1v) is 3.52. The van der Waals surface area contributed by atoms with Crippen molar-refractivity contribution in [1.29, 1.82) is 0 Å². The maximum atomic E-state index is 10.6. The summed E-state index contributed by atoms with van der Waals surface area (Å²) in [5.41, 5.74) is 15.3. The molecule has 7 nitrogen and oxygen atoms in total. The normalized spacial score (nSPS) is 10.7. The lowest BCUT2D eigenvalue weighted by Gasteiger charge is -1.95. The fourth-order valence-electron chi connectivity index (χ4n) is 0.531. The Hall–Kier alpha value is -1.79. The smallest absolute Gasteiger partial charge is 0.307 e. The van der Waals surface area contributed by atoms with Crippen molar-refractivity contribution in [2.45, 2.75) is 6.42 Å². The van der Waals surface area contributed by atoms with Gasteiger partial charge < -0.3 is 21.9 Å². The van der Waals surface area contributed by atoms with Gasteiger partial charge in [-0.2, -0.15) is 4.99 Å². The largest absolute Gasteiger partial charge is 0.469 e. The second kappa shape index (κ2) is 5.81. The number of ether oxygens (including phenoxy) is 1. The Morgan fingerprint density at radius 3 is 2.46 bits per heavy atom. The number of aliphatic imine (C=N–C) groups is 2. The van der Waals surface area contributed by atoms with E-state index in [2.05, 4.69) is 14.7 Å². The Kier molecular flexibility index (Phi) is 5.01. The van der Waals surface area contributed by atoms with Crippen molar-refractivity contribution in [2.75, 3.05) is 13.7 Å². The molecule has 0 saturated heterocycles. The molecule has 0 aromatic heterocycles. The fraction of sp³-hybridized carbons (Fsp3) is 0.500. The van der Waals surface area contributed by atoms with E-state index in [1.165, 1.54) is 7.11 Å². The van der Waals surface area contributed by atoms with E-state index in [4.69, 9.17) is 17.2 Å². The van der Waals surface area contributed by atoms with Gasteiger partial charge in [-0.15, -0.1) is 0 Å². The predicted molar refractivity (Wildman–Crippen MR) is 48.9 cm³/mol. The molecule has 6 N–H and O–H groups in total. The Morgan fingerprint density at radius 2 is 2.00 bits per heavy atom. The zero-order valence-electron chi connectivity index (χ0n) is 7.36. The Bertz CT molecular complexity index is 231. The number of nitrogens with two attached hydrogens (primary N) is 3. The average molecular weight is 187 g/mol. The van der Waals surface area contributed by atoms with Gasteiger partial charge >= 0.3 is 5.97 Å². The number of carbonyl (C=O) groups excluding carboxylic acids is 1. The lowest BCUT2D eigenvalue weighted by molar-refractivity contribution is -0.140. The van der Waals surface area contributed by atoms with Crippen LogP contribution in [-0.2, 0) is 9.53 Å². The van der Waals surface area contributed by atoms with E-state index in [1.54, 1.807) is 0 Å². The SMILES string of the molecule is COC(=O)CCN=C(N)N=C(N)N. The van der Waals surface area contributed by atoms with Crippen molar-refractivity contribution in [3.8, 4) is 0 Å². The highest BCUT2D eigenvalue weighted by molar-refractivity contribution is 5.92. The van der Waals surface area contributed by atoms with E-state index in [0.29, 0.717) is 0 Å². The van der Waals surface area contributed by atoms with Gasteiger partial charge in [0.05, 0.1) is 20.1 Å². The fourth-order valence-corrected chi connectivity index (χ4v) is 0.531. The van der Waals surface area contributed by atoms with Crippen LogP contribution in [-0.4, -0.2) is 31.5 Å². The molecular weight excluding hydrogens is 174 g/mol. The van der Waals surface area contributed by atoms with E-state index in [9.17, 15) is 4.79 Å². The molecule has 0 aromatic carbocycles. The Morgan fingerprint density at radius 1 is 1.38 bits per heavy atom. The lowest BCUT2D eigenvalue weighted by Crippen LogP contribution is -2.26. The average Bonchev–Trinajstić information content (AvgIpc) is 2.02. The van der Waals surface area contributed by atoms with Crippen molar-refractivity contribution >= 4 is 17.9 Å². The predicted octanol–water partition coefficient (Wildman–Crippen LogP) is -1.86. The third-order valence-electron chi connectivity index (χ3n) is 1.06. The highest BCUT2D eigenvalue weighted by Gasteiger charge is 1.97. The summed E-state index contributed by atoms with van der Waals surface area (Å²) >= 11 is 0. The number of guanidine groups is 2. The summed E-state index contributed by atoms with van der Waals surface area (Å²) in [5.74, 6) is -0.579. The van der Waals surface area contributed by atoms with Gasteiger partial charge in [0.15, 0.2) is 5.96 Å². The molecule has 74 valence electrons. The highest BCUT2D eigenvalue weighted by atomic mass is 16.5. The first-order chi connectivity index (χ1) is 6.06. The molecule has 0 heterocycles. The number of rotatable bonds is 3. The number of carbonyl (C=O) groups is 1. The van der Waals surface area contributed by atoms with Crippen molar-refractivity contribution in [2.24, 2.45) is 27.2 Å². The molecule has 0 rings (SSSR count). The van der Waals surface area contributed by atoms with Crippen molar-refractivity contribution < 1.29 is 9.53 Å². The molecule has 0 unspecified atom stereocenters. The zero-order valence-corrected chi connectivity index (χ0v) is 7.36. The van der Waals surface area contributed by atoms with E-state index in [0.717, 1.165) is 0 Å². The minimum Gasteiger partial charge on any atom is -0.469 e.